The fourth-order valence-corrected chi connectivity index (χ4v) is 3.22. The Labute approximate surface area is 105 Å². The summed E-state index contributed by atoms with van der Waals surface area (Å²) in [6, 6.07) is 19.6. The summed E-state index contributed by atoms with van der Waals surface area (Å²) in [5, 5.41) is 0. The smallest absolute Gasteiger partial charge is 0.0183 e. The molecule has 0 nitrogen and oxygen atoms in total. The maximum absolute atomic E-state index is 2.39. The quantitative estimate of drug-likeness (QED) is 0.750. The van der Waals surface area contributed by atoms with Crippen LogP contribution in [0.2, 0.25) is 0 Å². The van der Waals surface area contributed by atoms with Crippen molar-refractivity contribution in [1.29, 1.82) is 0 Å². The van der Waals surface area contributed by atoms with E-state index in [0.717, 1.165) is 0 Å². The summed E-state index contributed by atoms with van der Waals surface area (Å²) >= 11 is 0. The molecule has 0 saturated heterocycles. The van der Waals surface area contributed by atoms with Crippen molar-refractivity contribution in [3.8, 4) is 11.1 Å². The summed E-state index contributed by atoms with van der Waals surface area (Å²) in [6.07, 6.45) is 9.57. The van der Waals surface area contributed by atoms with Crippen molar-refractivity contribution in [2.45, 2.75) is 4.90 Å². The highest BCUT2D eigenvalue weighted by molar-refractivity contribution is 8.47. The van der Waals surface area contributed by atoms with E-state index in [9.17, 15) is 0 Å². The van der Waals surface area contributed by atoms with Crippen LogP contribution in [-0.4, -0.2) is 25.0 Å². The van der Waals surface area contributed by atoms with Gasteiger partial charge in [0.05, 0.1) is 0 Å². The van der Waals surface area contributed by atoms with E-state index in [1.807, 2.05) is 0 Å². The molecular weight excluding hydrogens is 224 g/mol. The van der Waals surface area contributed by atoms with Gasteiger partial charge in [-0.25, -0.2) is 0 Å². The van der Waals surface area contributed by atoms with E-state index in [-0.39, 0.29) is 0 Å². The molecule has 0 aromatic heterocycles. The van der Waals surface area contributed by atoms with E-state index in [4.69, 9.17) is 0 Å². The van der Waals surface area contributed by atoms with Crippen LogP contribution in [-0.2, 0) is 0 Å². The standard InChI is InChI=1S/C16H22S/c1-17(2,3,4)16-12-10-15(11-13-16)14-8-6-5-7-9-14/h5-13,17H,1-4H3. The van der Waals surface area contributed by atoms with Crippen LogP contribution in [0, 0.1) is 0 Å². The lowest BCUT2D eigenvalue weighted by Gasteiger charge is -2.47. The summed E-state index contributed by atoms with van der Waals surface area (Å²) < 4.78 is 0. The van der Waals surface area contributed by atoms with Crippen LogP contribution in [0.3, 0.4) is 0 Å². The minimum absolute atomic E-state index is 1.29. The highest BCUT2D eigenvalue weighted by Gasteiger charge is 2.20. The third-order valence-electron chi connectivity index (χ3n) is 3.01. The number of thiol groups is 1. The lowest BCUT2D eigenvalue weighted by Crippen LogP contribution is -2.10. The fraction of sp³-hybridized carbons (Fsp3) is 0.250. The minimum atomic E-state index is -1.62. The van der Waals surface area contributed by atoms with Gasteiger partial charge in [0.2, 0.25) is 0 Å². The van der Waals surface area contributed by atoms with Gasteiger partial charge in [0.1, 0.15) is 0 Å². The van der Waals surface area contributed by atoms with Crippen molar-refractivity contribution in [1.82, 2.24) is 0 Å². The van der Waals surface area contributed by atoms with Gasteiger partial charge >= 0.3 is 0 Å². The van der Waals surface area contributed by atoms with E-state index in [0.29, 0.717) is 0 Å². The number of hydrogen-bond donors (Lipinski definition) is 1. The van der Waals surface area contributed by atoms with Crippen LogP contribution in [0.15, 0.2) is 59.5 Å². The highest BCUT2D eigenvalue weighted by atomic mass is 32.3. The summed E-state index contributed by atoms with van der Waals surface area (Å²) in [5.74, 6) is 0. The molecule has 0 radical (unpaired) electrons. The average molecular weight is 246 g/mol. The predicted molar refractivity (Wildman–Crippen MR) is 82.8 cm³/mol. The molecule has 0 saturated carbocycles. The van der Waals surface area contributed by atoms with Crippen LogP contribution in [0.25, 0.3) is 11.1 Å². The van der Waals surface area contributed by atoms with E-state index in [2.05, 4.69) is 79.6 Å². The normalized spacial score (nSPS) is 14.0. The molecule has 2 aromatic rings. The molecule has 0 aliphatic carbocycles. The molecule has 92 valence electrons. The van der Waals surface area contributed by atoms with Crippen molar-refractivity contribution in [3.05, 3.63) is 54.6 Å². The molecule has 0 aliphatic heterocycles. The summed E-state index contributed by atoms with van der Waals surface area (Å²) in [6.45, 7) is 0. The second-order valence-electron chi connectivity index (χ2n) is 6.49. The van der Waals surface area contributed by atoms with Gasteiger partial charge in [-0.2, -0.15) is 0 Å². The first kappa shape index (κ1) is 12.3. The molecule has 0 aliphatic rings. The van der Waals surface area contributed by atoms with Crippen molar-refractivity contribution in [2.24, 2.45) is 0 Å². The predicted octanol–water partition coefficient (Wildman–Crippen LogP) is 4.30. The molecule has 0 heterocycles. The molecule has 0 spiro atoms. The van der Waals surface area contributed by atoms with Crippen molar-refractivity contribution in [3.63, 3.8) is 0 Å². The molecule has 17 heavy (non-hydrogen) atoms. The number of benzene rings is 2. The molecule has 0 fully saturated rings. The largest absolute Gasteiger partial charge is 0.272 e. The molecule has 0 amide bonds. The Bertz CT molecular complexity index is 491. The summed E-state index contributed by atoms with van der Waals surface area (Å²) in [5.41, 5.74) is 2.59. The average Bonchev–Trinajstić information content (AvgIpc) is 2.28. The van der Waals surface area contributed by atoms with Gasteiger partial charge in [-0.05, 0) is 41.0 Å². The van der Waals surface area contributed by atoms with Crippen molar-refractivity contribution in [2.75, 3.05) is 25.0 Å². The van der Waals surface area contributed by atoms with Gasteiger partial charge < -0.3 is 0 Å². The third kappa shape index (κ3) is 2.92. The molecule has 1 heteroatoms. The van der Waals surface area contributed by atoms with Crippen LogP contribution in [0.1, 0.15) is 0 Å². The zero-order valence-electron chi connectivity index (χ0n) is 11.1. The van der Waals surface area contributed by atoms with E-state index in [1.54, 1.807) is 0 Å². The number of rotatable bonds is 2. The van der Waals surface area contributed by atoms with Crippen molar-refractivity contribution < 1.29 is 0 Å². The molecule has 2 rings (SSSR count). The second kappa shape index (κ2) is 3.92. The van der Waals surface area contributed by atoms with E-state index in [1.165, 1.54) is 16.0 Å². The van der Waals surface area contributed by atoms with Gasteiger partial charge in [0.15, 0.2) is 0 Å². The Balaban J connectivity index is 2.38. The van der Waals surface area contributed by atoms with Crippen LogP contribution >= 0.6 is 9.16 Å². The summed E-state index contributed by atoms with van der Waals surface area (Å²) in [7, 11) is -1.62. The Hall–Kier alpha value is -1.21. The number of hydrogen-bond acceptors (Lipinski definition) is 0. The molecule has 0 bridgehead atoms. The van der Waals surface area contributed by atoms with Crippen LogP contribution in [0.4, 0.5) is 0 Å². The Morgan fingerprint density at radius 1 is 0.588 bits per heavy atom. The third-order valence-corrected chi connectivity index (χ3v) is 5.37. The summed E-state index contributed by atoms with van der Waals surface area (Å²) in [4.78, 5) is 1.50. The van der Waals surface area contributed by atoms with Gasteiger partial charge in [-0.15, -0.1) is 0 Å². The Morgan fingerprint density at radius 3 is 1.53 bits per heavy atom. The first-order valence-electron chi connectivity index (χ1n) is 5.99. The molecular formula is C16H22S. The Morgan fingerprint density at radius 2 is 1.06 bits per heavy atom. The minimum Gasteiger partial charge on any atom is -0.272 e. The lowest BCUT2D eigenvalue weighted by atomic mass is 10.1. The molecule has 0 unspecified atom stereocenters. The maximum Gasteiger partial charge on any atom is -0.0183 e. The van der Waals surface area contributed by atoms with Crippen LogP contribution in [0.5, 0.6) is 0 Å². The van der Waals surface area contributed by atoms with Gasteiger partial charge in [-0.3, -0.25) is 9.16 Å². The van der Waals surface area contributed by atoms with E-state index < -0.39 is 9.16 Å². The molecule has 2 aromatic carbocycles. The molecule has 0 atom stereocenters. The van der Waals surface area contributed by atoms with Crippen molar-refractivity contribution >= 4 is 9.16 Å². The zero-order valence-corrected chi connectivity index (χ0v) is 12.0. The second-order valence-corrected chi connectivity index (χ2v) is 14.2. The first-order chi connectivity index (χ1) is 7.83. The molecule has 0 N–H and O–H groups in total. The fourth-order valence-electron chi connectivity index (χ4n) is 1.88. The SMILES string of the molecule is C[SH](C)(C)(C)c1ccc(-c2ccccc2)cc1. The van der Waals surface area contributed by atoms with Gasteiger partial charge in [0, 0.05) is 0 Å². The topological polar surface area (TPSA) is 0 Å². The van der Waals surface area contributed by atoms with E-state index >= 15 is 0 Å². The van der Waals surface area contributed by atoms with Gasteiger partial charge in [0.25, 0.3) is 0 Å². The Kier molecular flexibility index (Phi) is 2.82. The maximum atomic E-state index is 2.39. The first-order valence-corrected chi connectivity index (χ1v) is 10.0. The van der Waals surface area contributed by atoms with Gasteiger partial charge in [-0.1, -0.05) is 54.6 Å². The monoisotopic (exact) mass is 246 g/mol. The van der Waals surface area contributed by atoms with Crippen LogP contribution < -0.4 is 0 Å². The zero-order chi connectivity index (χ0) is 12.5. The lowest BCUT2D eigenvalue weighted by molar-refractivity contribution is 1.41. The highest BCUT2D eigenvalue weighted by Crippen LogP contribution is 2.63.